The Morgan fingerprint density at radius 1 is 1.17 bits per heavy atom. The van der Waals surface area contributed by atoms with Gasteiger partial charge in [-0.25, -0.2) is 8.42 Å². The molecule has 3 aromatic rings. The van der Waals surface area contributed by atoms with Gasteiger partial charge in [-0.2, -0.15) is 5.10 Å². The fourth-order valence-corrected chi connectivity index (χ4v) is 3.11. The van der Waals surface area contributed by atoms with Crippen LogP contribution in [0.1, 0.15) is 5.69 Å². The predicted octanol–water partition coefficient (Wildman–Crippen LogP) is 1.11. The summed E-state index contributed by atoms with van der Waals surface area (Å²) in [6, 6.07) is 6.10. The Balaban J connectivity index is 1.96. The van der Waals surface area contributed by atoms with Crippen LogP contribution in [0.5, 0.6) is 5.75 Å². The molecule has 120 valence electrons. The molecule has 2 N–H and O–H groups in total. The molecule has 0 aliphatic heterocycles. The largest absolute Gasteiger partial charge is 0.497 e. The van der Waals surface area contributed by atoms with E-state index in [2.05, 4.69) is 25.1 Å². The Labute approximate surface area is 132 Å². The van der Waals surface area contributed by atoms with Crippen molar-refractivity contribution >= 4 is 15.7 Å². The van der Waals surface area contributed by atoms with E-state index in [1.54, 1.807) is 19.1 Å². The van der Waals surface area contributed by atoms with Crippen LogP contribution >= 0.6 is 0 Å². The zero-order chi connectivity index (χ0) is 16.4. The van der Waals surface area contributed by atoms with Gasteiger partial charge in [-0.15, -0.1) is 10.2 Å². The number of nitrogens with zero attached hydrogens (tertiary/aromatic N) is 4. The topological polar surface area (TPSA) is 115 Å². The highest BCUT2D eigenvalue weighted by Crippen LogP contribution is 2.25. The Morgan fingerprint density at radius 2 is 1.83 bits per heavy atom. The second-order valence-electron chi connectivity index (χ2n) is 4.70. The zero-order valence-electron chi connectivity index (χ0n) is 12.4. The first-order valence-electron chi connectivity index (χ1n) is 6.58. The first-order chi connectivity index (χ1) is 11.0. The Kier molecular flexibility index (Phi) is 3.74. The Bertz CT molecular complexity index is 900. The second kappa shape index (κ2) is 5.72. The van der Waals surface area contributed by atoms with E-state index in [-0.39, 0.29) is 4.90 Å². The highest BCUT2D eigenvalue weighted by atomic mass is 32.2. The van der Waals surface area contributed by atoms with Crippen LogP contribution in [0.3, 0.4) is 0 Å². The van der Waals surface area contributed by atoms with Crippen molar-refractivity contribution in [3.63, 3.8) is 0 Å². The fraction of sp³-hybridized carbons (Fsp3) is 0.154. The van der Waals surface area contributed by atoms with Gasteiger partial charge in [0.1, 0.15) is 24.1 Å². The molecule has 2 aromatic heterocycles. The van der Waals surface area contributed by atoms with Crippen LogP contribution in [-0.2, 0) is 10.0 Å². The number of ether oxygens (including phenoxy) is 1. The number of benzene rings is 1. The van der Waals surface area contributed by atoms with E-state index < -0.39 is 10.0 Å². The van der Waals surface area contributed by atoms with Gasteiger partial charge < -0.3 is 4.74 Å². The predicted molar refractivity (Wildman–Crippen MR) is 82.0 cm³/mol. The molecule has 0 fully saturated rings. The van der Waals surface area contributed by atoms with Crippen LogP contribution in [0, 0.1) is 6.92 Å². The van der Waals surface area contributed by atoms with Gasteiger partial charge >= 0.3 is 0 Å². The van der Waals surface area contributed by atoms with Crippen molar-refractivity contribution in [3.05, 3.63) is 42.6 Å². The molecule has 10 heteroatoms. The van der Waals surface area contributed by atoms with Crippen molar-refractivity contribution in [2.75, 3.05) is 11.8 Å². The number of methoxy groups -OCH3 is 1. The van der Waals surface area contributed by atoms with Gasteiger partial charge in [0.05, 0.1) is 17.7 Å². The molecule has 9 nitrogen and oxygen atoms in total. The van der Waals surface area contributed by atoms with Crippen LogP contribution in [0.2, 0.25) is 0 Å². The molecule has 0 saturated carbocycles. The summed E-state index contributed by atoms with van der Waals surface area (Å²) < 4.78 is 34.2. The first kappa shape index (κ1) is 15.0. The van der Waals surface area contributed by atoms with Crippen LogP contribution in [-0.4, -0.2) is 40.5 Å². The molecule has 0 aliphatic carbocycles. The normalized spacial score (nSPS) is 11.4. The molecule has 0 bridgehead atoms. The average molecular weight is 334 g/mol. The first-order valence-corrected chi connectivity index (χ1v) is 8.06. The third-order valence-electron chi connectivity index (χ3n) is 3.20. The standard InChI is InChI=1S/C13H14N6O3S/c1-9-12(13(17-16-9)19-7-14-15-8-19)18-23(20,21)11-5-3-10(22-2)4-6-11/h3-8,18H,1-2H3,(H,16,17). The molecule has 3 rings (SSSR count). The van der Waals surface area contributed by atoms with E-state index in [4.69, 9.17) is 4.74 Å². The number of aromatic amines is 1. The number of H-pyrrole nitrogens is 1. The number of rotatable bonds is 5. The number of hydrogen-bond acceptors (Lipinski definition) is 6. The van der Waals surface area contributed by atoms with Crippen molar-refractivity contribution in [2.45, 2.75) is 11.8 Å². The molecular weight excluding hydrogens is 320 g/mol. The van der Waals surface area contributed by atoms with E-state index in [0.717, 1.165) is 0 Å². The molecule has 0 unspecified atom stereocenters. The molecule has 0 saturated heterocycles. The minimum atomic E-state index is -3.76. The fourth-order valence-electron chi connectivity index (χ4n) is 1.98. The van der Waals surface area contributed by atoms with Gasteiger partial charge in [0.2, 0.25) is 0 Å². The molecule has 0 aliphatic rings. The smallest absolute Gasteiger partial charge is 0.262 e. The quantitative estimate of drug-likeness (QED) is 0.722. The van der Waals surface area contributed by atoms with Crippen LogP contribution in [0.15, 0.2) is 41.8 Å². The number of anilines is 1. The van der Waals surface area contributed by atoms with Gasteiger partial charge in [-0.3, -0.25) is 14.4 Å². The van der Waals surface area contributed by atoms with E-state index in [1.165, 1.54) is 36.5 Å². The SMILES string of the molecule is COc1ccc(S(=O)(=O)Nc2c(-n3cnnc3)n[nH]c2C)cc1. The summed E-state index contributed by atoms with van der Waals surface area (Å²) in [6.45, 7) is 1.72. The van der Waals surface area contributed by atoms with E-state index in [1.807, 2.05) is 0 Å². The lowest BCUT2D eigenvalue weighted by molar-refractivity contribution is 0.414. The third kappa shape index (κ3) is 2.88. The summed E-state index contributed by atoms with van der Waals surface area (Å²) in [6.07, 6.45) is 2.86. The average Bonchev–Trinajstić information content (AvgIpc) is 3.18. The Morgan fingerprint density at radius 3 is 2.43 bits per heavy atom. The Hall–Kier alpha value is -2.88. The van der Waals surface area contributed by atoms with Crippen LogP contribution in [0.25, 0.3) is 5.82 Å². The highest BCUT2D eigenvalue weighted by molar-refractivity contribution is 7.92. The van der Waals surface area contributed by atoms with E-state index >= 15 is 0 Å². The van der Waals surface area contributed by atoms with Gasteiger partial charge in [0.25, 0.3) is 10.0 Å². The lowest BCUT2D eigenvalue weighted by Gasteiger charge is -2.09. The van der Waals surface area contributed by atoms with Gasteiger partial charge in [-0.1, -0.05) is 0 Å². The molecule has 2 heterocycles. The number of sulfonamides is 1. The monoisotopic (exact) mass is 334 g/mol. The van der Waals surface area contributed by atoms with Gasteiger partial charge in [0.15, 0.2) is 5.82 Å². The summed E-state index contributed by atoms with van der Waals surface area (Å²) in [5.74, 6) is 0.943. The maximum Gasteiger partial charge on any atom is 0.262 e. The molecule has 0 amide bonds. The number of hydrogen-bond donors (Lipinski definition) is 2. The minimum absolute atomic E-state index is 0.119. The van der Waals surface area contributed by atoms with Crippen molar-refractivity contribution in [1.29, 1.82) is 0 Å². The second-order valence-corrected chi connectivity index (χ2v) is 6.38. The molecule has 0 radical (unpaired) electrons. The molecule has 0 atom stereocenters. The van der Waals surface area contributed by atoms with Crippen molar-refractivity contribution in [1.82, 2.24) is 25.0 Å². The molecule has 23 heavy (non-hydrogen) atoms. The summed E-state index contributed by atoms with van der Waals surface area (Å²) in [5.41, 5.74) is 0.909. The summed E-state index contributed by atoms with van der Waals surface area (Å²) >= 11 is 0. The summed E-state index contributed by atoms with van der Waals surface area (Å²) in [4.78, 5) is 0.119. The van der Waals surface area contributed by atoms with Crippen molar-refractivity contribution in [2.24, 2.45) is 0 Å². The number of aromatic nitrogens is 5. The lowest BCUT2D eigenvalue weighted by Crippen LogP contribution is -2.14. The maximum atomic E-state index is 12.5. The van der Waals surface area contributed by atoms with Crippen LogP contribution < -0.4 is 9.46 Å². The van der Waals surface area contributed by atoms with Crippen molar-refractivity contribution < 1.29 is 13.2 Å². The minimum Gasteiger partial charge on any atom is -0.497 e. The van der Waals surface area contributed by atoms with E-state index in [0.29, 0.717) is 22.9 Å². The van der Waals surface area contributed by atoms with Crippen LogP contribution in [0.4, 0.5) is 5.69 Å². The van der Waals surface area contributed by atoms with Gasteiger partial charge in [-0.05, 0) is 31.2 Å². The maximum absolute atomic E-state index is 12.5. The van der Waals surface area contributed by atoms with Gasteiger partial charge in [0, 0.05) is 0 Å². The number of nitrogens with one attached hydrogen (secondary N) is 2. The zero-order valence-corrected chi connectivity index (χ0v) is 13.2. The summed E-state index contributed by atoms with van der Waals surface area (Å²) in [7, 11) is -2.25. The third-order valence-corrected chi connectivity index (χ3v) is 4.56. The summed E-state index contributed by atoms with van der Waals surface area (Å²) in [5, 5.41) is 14.2. The molecule has 1 aromatic carbocycles. The molecular formula is C13H14N6O3S. The number of aryl methyl sites for hydroxylation is 1. The molecule has 0 spiro atoms. The lowest BCUT2D eigenvalue weighted by atomic mass is 10.3. The highest BCUT2D eigenvalue weighted by Gasteiger charge is 2.20. The van der Waals surface area contributed by atoms with Crippen molar-refractivity contribution in [3.8, 4) is 11.6 Å². The van der Waals surface area contributed by atoms with E-state index in [9.17, 15) is 8.42 Å².